The number of benzene rings is 2. The number of hydrogen-bond donors (Lipinski definition) is 1. The van der Waals surface area contributed by atoms with Crippen LogP contribution < -0.4 is 10.1 Å². The molecule has 2 aromatic rings. The van der Waals surface area contributed by atoms with Crippen LogP contribution in [0.5, 0.6) is 5.75 Å². The van der Waals surface area contributed by atoms with E-state index in [0.29, 0.717) is 22.9 Å². The quantitative estimate of drug-likeness (QED) is 0.774. The van der Waals surface area contributed by atoms with E-state index in [1.807, 2.05) is 36.4 Å². The number of hydrogen-bond acceptors (Lipinski definition) is 4. The van der Waals surface area contributed by atoms with Crippen LogP contribution in [0.1, 0.15) is 41.2 Å². The van der Waals surface area contributed by atoms with E-state index in [-0.39, 0.29) is 18.1 Å². The predicted molar refractivity (Wildman–Crippen MR) is 108 cm³/mol. The third-order valence-electron chi connectivity index (χ3n) is 4.90. The molecule has 1 saturated heterocycles. The van der Waals surface area contributed by atoms with Crippen LogP contribution in [0.2, 0.25) is 5.02 Å². The molecule has 0 spiro atoms. The van der Waals surface area contributed by atoms with Crippen molar-refractivity contribution < 1.29 is 14.3 Å². The van der Waals surface area contributed by atoms with Crippen LogP contribution in [0, 0.1) is 0 Å². The lowest BCUT2D eigenvalue weighted by molar-refractivity contribution is 0.0670. The Morgan fingerprint density at radius 3 is 3.00 bits per heavy atom. The first kappa shape index (κ1) is 18.7. The van der Waals surface area contributed by atoms with Gasteiger partial charge in [0, 0.05) is 22.3 Å². The van der Waals surface area contributed by atoms with Crippen LogP contribution in [0.3, 0.4) is 0 Å². The van der Waals surface area contributed by atoms with Crippen molar-refractivity contribution in [2.75, 3.05) is 19.0 Å². The minimum atomic E-state index is -0.124. The molecule has 2 aromatic carbocycles. The first-order valence-electron chi connectivity index (χ1n) is 9.27. The van der Waals surface area contributed by atoms with Gasteiger partial charge >= 0.3 is 0 Å². The van der Waals surface area contributed by atoms with Crippen molar-refractivity contribution in [2.45, 2.75) is 36.3 Å². The number of fused-ring (bicyclic) bond motifs is 1. The van der Waals surface area contributed by atoms with Gasteiger partial charge in [-0.15, -0.1) is 11.8 Å². The summed E-state index contributed by atoms with van der Waals surface area (Å²) in [5, 5.41) is 3.86. The number of carbonyl (C=O) groups is 1. The van der Waals surface area contributed by atoms with Crippen LogP contribution >= 0.6 is 23.4 Å². The summed E-state index contributed by atoms with van der Waals surface area (Å²) in [6, 6.07) is 13.2. The second kappa shape index (κ2) is 8.55. The fraction of sp³-hybridized carbons (Fsp3) is 0.381. The normalized spacial score (nSPS) is 21.5. The van der Waals surface area contributed by atoms with Gasteiger partial charge in [0.1, 0.15) is 12.4 Å². The highest BCUT2D eigenvalue weighted by molar-refractivity contribution is 7.99. The Morgan fingerprint density at radius 1 is 1.26 bits per heavy atom. The molecule has 2 aliphatic heterocycles. The zero-order chi connectivity index (χ0) is 18.6. The van der Waals surface area contributed by atoms with E-state index in [4.69, 9.17) is 21.1 Å². The Labute approximate surface area is 168 Å². The maximum absolute atomic E-state index is 13.0. The zero-order valence-corrected chi connectivity index (χ0v) is 16.5. The van der Waals surface area contributed by atoms with Crippen molar-refractivity contribution in [2.24, 2.45) is 0 Å². The first-order valence-corrected chi connectivity index (χ1v) is 10.6. The smallest absolute Gasteiger partial charge is 0.255 e. The Balaban J connectivity index is 1.48. The summed E-state index contributed by atoms with van der Waals surface area (Å²) in [6.07, 6.45) is 3.07. The number of thioether (sulfide) groups is 1. The summed E-state index contributed by atoms with van der Waals surface area (Å²) in [6.45, 7) is 1.26. The highest BCUT2D eigenvalue weighted by atomic mass is 35.5. The monoisotopic (exact) mass is 403 g/mol. The Morgan fingerprint density at radius 2 is 2.15 bits per heavy atom. The van der Waals surface area contributed by atoms with Gasteiger partial charge in [0.2, 0.25) is 0 Å². The molecule has 4 rings (SSSR count). The molecule has 0 aromatic heterocycles. The van der Waals surface area contributed by atoms with Gasteiger partial charge < -0.3 is 14.8 Å². The lowest BCUT2D eigenvalue weighted by Crippen LogP contribution is -2.31. The number of amides is 1. The maximum atomic E-state index is 13.0. The van der Waals surface area contributed by atoms with E-state index in [1.165, 1.54) is 4.90 Å². The number of rotatable bonds is 5. The molecule has 6 heteroatoms. The standard InChI is InChI=1S/C21H22ClNO3S/c22-14-7-8-20-17(12-14)18(9-11-27-20)23-21(24)16-5-1-2-6-19(16)26-13-15-4-3-10-25-15/h1-2,5-8,12,15,18H,3-4,9-11,13H2,(H,23,24)/t15-,18+/m0/s1. The van der Waals surface area contributed by atoms with Crippen LogP contribution in [-0.2, 0) is 4.74 Å². The number of carbonyl (C=O) groups excluding carboxylic acids is 1. The molecule has 0 aliphatic carbocycles. The highest BCUT2D eigenvalue weighted by Gasteiger charge is 2.24. The largest absolute Gasteiger partial charge is 0.490 e. The fourth-order valence-electron chi connectivity index (χ4n) is 3.49. The minimum Gasteiger partial charge on any atom is -0.490 e. The fourth-order valence-corrected chi connectivity index (χ4v) is 4.78. The summed E-state index contributed by atoms with van der Waals surface area (Å²) in [5.41, 5.74) is 1.64. The van der Waals surface area contributed by atoms with Gasteiger partial charge in [-0.05, 0) is 55.2 Å². The average Bonchev–Trinajstić information content (AvgIpc) is 3.21. The predicted octanol–water partition coefficient (Wildman–Crippen LogP) is 4.86. The molecule has 0 saturated carbocycles. The molecule has 27 heavy (non-hydrogen) atoms. The second-order valence-corrected chi connectivity index (χ2v) is 8.36. The number of para-hydroxylation sites is 1. The minimum absolute atomic E-state index is 0.0429. The number of nitrogens with one attached hydrogen (secondary N) is 1. The molecule has 1 amide bonds. The molecule has 142 valence electrons. The summed E-state index contributed by atoms with van der Waals surface area (Å²) >= 11 is 7.97. The van der Waals surface area contributed by atoms with Crippen LogP contribution in [-0.4, -0.2) is 31.0 Å². The molecule has 0 bridgehead atoms. The van der Waals surface area contributed by atoms with Crippen molar-refractivity contribution in [1.82, 2.24) is 5.32 Å². The first-order chi connectivity index (χ1) is 13.2. The summed E-state index contributed by atoms with van der Waals surface area (Å²) in [5.74, 6) is 1.44. The lowest BCUT2D eigenvalue weighted by atomic mass is 10.0. The SMILES string of the molecule is O=C(N[C@@H]1CCSc2ccc(Cl)cc21)c1ccccc1OC[C@@H]1CCCO1. The Kier molecular flexibility index (Phi) is 5.91. The van der Waals surface area contributed by atoms with E-state index in [2.05, 4.69) is 5.32 Å². The van der Waals surface area contributed by atoms with Gasteiger partial charge in [0.25, 0.3) is 5.91 Å². The van der Waals surface area contributed by atoms with Crippen molar-refractivity contribution >= 4 is 29.3 Å². The molecule has 0 unspecified atom stereocenters. The second-order valence-electron chi connectivity index (χ2n) is 6.79. The number of ether oxygens (including phenoxy) is 2. The lowest BCUT2D eigenvalue weighted by Gasteiger charge is -2.26. The van der Waals surface area contributed by atoms with Crippen molar-refractivity contribution in [1.29, 1.82) is 0 Å². The van der Waals surface area contributed by atoms with E-state index >= 15 is 0 Å². The van der Waals surface area contributed by atoms with Crippen LogP contribution in [0.4, 0.5) is 0 Å². The third-order valence-corrected chi connectivity index (χ3v) is 6.25. The molecular weight excluding hydrogens is 382 g/mol. The van der Waals surface area contributed by atoms with Gasteiger partial charge in [-0.1, -0.05) is 23.7 Å². The topological polar surface area (TPSA) is 47.6 Å². The van der Waals surface area contributed by atoms with Gasteiger partial charge in [-0.3, -0.25) is 4.79 Å². The molecule has 1 fully saturated rings. The van der Waals surface area contributed by atoms with Crippen LogP contribution in [0.15, 0.2) is 47.4 Å². The van der Waals surface area contributed by atoms with Gasteiger partial charge in [0.05, 0.1) is 17.7 Å². The third kappa shape index (κ3) is 4.42. The van der Waals surface area contributed by atoms with E-state index < -0.39 is 0 Å². The number of halogens is 1. The summed E-state index contributed by atoms with van der Waals surface area (Å²) < 4.78 is 11.5. The molecule has 2 heterocycles. The van der Waals surface area contributed by atoms with E-state index in [0.717, 1.165) is 37.2 Å². The maximum Gasteiger partial charge on any atom is 0.255 e. The highest BCUT2D eigenvalue weighted by Crippen LogP contribution is 2.37. The van der Waals surface area contributed by atoms with Crippen LogP contribution in [0.25, 0.3) is 0 Å². The van der Waals surface area contributed by atoms with Crippen molar-refractivity contribution in [3.63, 3.8) is 0 Å². The molecule has 1 N–H and O–H groups in total. The molecule has 2 atom stereocenters. The summed E-state index contributed by atoms with van der Waals surface area (Å²) in [7, 11) is 0. The molecule has 0 radical (unpaired) electrons. The van der Waals surface area contributed by atoms with E-state index in [1.54, 1.807) is 17.8 Å². The molecule has 4 nitrogen and oxygen atoms in total. The average molecular weight is 404 g/mol. The molecule has 2 aliphatic rings. The van der Waals surface area contributed by atoms with Gasteiger partial charge in [-0.2, -0.15) is 0 Å². The molecular formula is C21H22ClNO3S. The van der Waals surface area contributed by atoms with Crippen molar-refractivity contribution in [3.05, 3.63) is 58.6 Å². The Hall–Kier alpha value is -1.69. The van der Waals surface area contributed by atoms with Gasteiger partial charge in [0.15, 0.2) is 0 Å². The van der Waals surface area contributed by atoms with E-state index in [9.17, 15) is 4.79 Å². The van der Waals surface area contributed by atoms with Crippen molar-refractivity contribution in [3.8, 4) is 5.75 Å². The Bertz CT molecular complexity index is 823. The zero-order valence-electron chi connectivity index (χ0n) is 14.9. The summed E-state index contributed by atoms with van der Waals surface area (Å²) in [4.78, 5) is 14.1. The van der Waals surface area contributed by atoms with Gasteiger partial charge in [-0.25, -0.2) is 0 Å².